The summed E-state index contributed by atoms with van der Waals surface area (Å²) < 4.78 is 5.00. The van der Waals surface area contributed by atoms with Gasteiger partial charge in [0.15, 0.2) is 5.78 Å². The van der Waals surface area contributed by atoms with Crippen LogP contribution in [0.1, 0.15) is 35.2 Å². The van der Waals surface area contributed by atoms with Gasteiger partial charge in [0.2, 0.25) is 0 Å². The number of benzene rings is 3. The van der Waals surface area contributed by atoms with Crippen molar-refractivity contribution in [3.8, 4) is 0 Å². The van der Waals surface area contributed by atoms with Crippen LogP contribution in [-0.4, -0.2) is 35.3 Å². The first kappa shape index (κ1) is 21.4. The maximum atomic E-state index is 14.7. The lowest BCUT2D eigenvalue weighted by Crippen LogP contribution is -2.51. The molecule has 1 N–H and O–H groups in total. The van der Waals surface area contributed by atoms with E-state index in [0.717, 1.165) is 45.4 Å². The number of ketones is 1. The molecular weight excluding hydrogens is 436 g/mol. The fourth-order valence-electron chi connectivity index (χ4n) is 5.88. The lowest BCUT2D eigenvalue weighted by Gasteiger charge is -2.43. The number of aromatic nitrogens is 1. The number of hydrogen-bond acceptors (Lipinski definition) is 4. The summed E-state index contributed by atoms with van der Waals surface area (Å²) in [5.41, 5.74) is 5.59. The molecule has 0 saturated heterocycles. The van der Waals surface area contributed by atoms with E-state index in [0.29, 0.717) is 18.5 Å². The van der Waals surface area contributed by atoms with E-state index < -0.39 is 5.54 Å². The van der Waals surface area contributed by atoms with Crippen molar-refractivity contribution in [1.82, 2.24) is 9.88 Å². The molecule has 0 unspecified atom stereocenters. The van der Waals surface area contributed by atoms with Crippen LogP contribution in [0, 0.1) is 0 Å². The molecule has 0 amide bonds. The molecule has 0 spiro atoms. The second-order valence-corrected chi connectivity index (χ2v) is 9.15. The fraction of sp³-hybridized carbons (Fsp3) is 0.200. The molecule has 0 aliphatic carbocycles. The van der Waals surface area contributed by atoms with Crippen molar-refractivity contribution in [3.63, 3.8) is 0 Å². The van der Waals surface area contributed by atoms with Gasteiger partial charge in [0.05, 0.1) is 24.1 Å². The van der Waals surface area contributed by atoms with Gasteiger partial charge in [-0.25, -0.2) is 0 Å². The van der Waals surface area contributed by atoms with Crippen LogP contribution < -0.4 is 0 Å². The lowest BCUT2D eigenvalue weighted by atomic mass is 9.78. The van der Waals surface area contributed by atoms with E-state index >= 15 is 0 Å². The molecule has 5 heteroatoms. The summed E-state index contributed by atoms with van der Waals surface area (Å²) in [7, 11) is 1.40. The highest BCUT2D eigenvalue weighted by atomic mass is 16.5. The molecule has 2 aliphatic rings. The topological polar surface area (TPSA) is 62.4 Å². The molecule has 3 aromatic carbocycles. The Hall–Kier alpha value is -4.12. The Morgan fingerprint density at radius 1 is 0.943 bits per heavy atom. The number of carbonyl (C=O) groups is 2. The molecule has 5 nitrogen and oxygen atoms in total. The minimum Gasteiger partial charge on any atom is -0.469 e. The van der Waals surface area contributed by atoms with Gasteiger partial charge in [-0.2, -0.15) is 0 Å². The number of Topliss-reactive ketones (excluding diaryl/α,β-unsaturated/α-hetero) is 1. The monoisotopic (exact) mass is 462 g/mol. The van der Waals surface area contributed by atoms with Gasteiger partial charge >= 0.3 is 5.97 Å². The molecule has 3 heterocycles. The largest absolute Gasteiger partial charge is 0.469 e. The zero-order valence-corrected chi connectivity index (χ0v) is 19.6. The van der Waals surface area contributed by atoms with Gasteiger partial charge in [0, 0.05) is 23.9 Å². The SMILES string of the molecule is COC(=O)CC[C@@]12C(=O)C(c3ccccc3)=C(c3ccccc3)N1CCc1c2[nH]c2ccccc12. The van der Waals surface area contributed by atoms with Crippen molar-refractivity contribution < 1.29 is 14.3 Å². The van der Waals surface area contributed by atoms with Crippen molar-refractivity contribution in [2.24, 2.45) is 0 Å². The molecule has 4 aromatic rings. The third kappa shape index (κ3) is 3.15. The summed E-state index contributed by atoms with van der Waals surface area (Å²) >= 11 is 0. The minimum atomic E-state index is -1.00. The van der Waals surface area contributed by atoms with E-state index in [1.54, 1.807) is 0 Å². The van der Waals surface area contributed by atoms with Gasteiger partial charge in [-0.3, -0.25) is 9.59 Å². The predicted molar refractivity (Wildman–Crippen MR) is 136 cm³/mol. The number of fused-ring (bicyclic) bond motifs is 5. The smallest absolute Gasteiger partial charge is 0.305 e. The Morgan fingerprint density at radius 2 is 1.60 bits per heavy atom. The number of aromatic amines is 1. The quantitative estimate of drug-likeness (QED) is 0.408. The summed E-state index contributed by atoms with van der Waals surface area (Å²) in [6, 6.07) is 28.2. The first-order valence-corrected chi connectivity index (χ1v) is 12.0. The highest BCUT2D eigenvalue weighted by Gasteiger charge is 2.57. The summed E-state index contributed by atoms with van der Waals surface area (Å²) in [6.45, 7) is 0.683. The molecule has 1 aromatic heterocycles. The molecule has 2 aliphatic heterocycles. The molecular formula is C30H26N2O3. The Labute approximate surface area is 204 Å². The van der Waals surface area contributed by atoms with Crippen LogP contribution in [0.3, 0.4) is 0 Å². The van der Waals surface area contributed by atoms with Crippen LogP contribution in [0.4, 0.5) is 0 Å². The van der Waals surface area contributed by atoms with Gasteiger partial charge in [-0.1, -0.05) is 78.9 Å². The molecule has 1 atom stereocenters. The van der Waals surface area contributed by atoms with Crippen LogP contribution in [0.15, 0.2) is 84.9 Å². The van der Waals surface area contributed by atoms with E-state index in [9.17, 15) is 9.59 Å². The highest BCUT2D eigenvalue weighted by Crippen LogP contribution is 2.54. The highest BCUT2D eigenvalue weighted by molar-refractivity contribution is 6.34. The van der Waals surface area contributed by atoms with Crippen molar-refractivity contribution in [3.05, 3.63) is 107 Å². The van der Waals surface area contributed by atoms with Gasteiger partial charge in [-0.05, 0) is 35.6 Å². The van der Waals surface area contributed by atoms with Gasteiger partial charge in [-0.15, -0.1) is 0 Å². The zero-order valence-electron chi connectivity index (χ0n) is 19.6. The number of methoxy groups -OCH3 is 1. The van der Waals surface area contributed by atoms with Gasteiger partial charge < -0.3 is 14.6 Å². The standard InChI is InChI=1S/C30H26N2O3/c1-35-25(33)16-18-30-28-23(22-14-8-9-15-24(22)31-28)17-19-32(30)27(21-12-6-3-7-13-21)26(29(30)34)20-10-4-2-5-11-20/h2-15,31H,16-19H2,1H3/t30-/m1/s1. The summed E-state index contributed by atoms with van der Waals surface area (Å²) in [4.78, 5) is 32.9. The number of rotatable bonds is 5. The molecule has 0 fully saturated rings. The summed E-state index contributed by atoms with van der Waals surface area (Å²) in [5.74, 6) is -0.288. The molecule has 0 saturated carbocycles. The average molecular weight is 463 g/mol. The van der Waals surface area contributed by atoms with Crippen molar-refractivity contribution in [1.29, 1.82) is 0 Å². The number of H-pyrrole nitrogens is 1. The van der Waals surface area contributed by atoms with E-state index in [1.807, 2.05) is 60.7 Å². The average Bonchev–Trinajstić information content (AvgIpc) is 3.42. The summed E-state index contributed by atoms with van der Waals surface area (Å²) in [5, 5.41) is 1.14. The minimum absolute atomic E-state index is 0.0268. The van der Waals surface area contributed by atoms with E-state index in [1.165, 1.54) is 7.11 Å². The van der Waals surface area contributed by atoms with Crippen LogP contribution in [0.2, 0.25) is 0 Å². The molecule has 35 heavy (non-hydrogen) atoms. The van der Waals surface area contributed by atoms with E-state index in [4.69, 9.17) is 4.74 Å². The molecule has 6 rings (SSSR count). The number of carbonyl (C=O) groups excluding carboxylic acids is 2. The van der Waals surface area contributed by atoms with Crippen LogP contribution in [0.25, 0.3) is 22.2 Å². The predicted octanol–water partition coefficient (Wildman–Crippen LogP) is 5.33. The number of esters is 1. The third-order valence-electron chi connectivity index (χ3n) is 7.41. The van der Waals surface area contributed by atoms with E-state index in [2.05, 4.69) is 34.1 Å². The normalized spacial score (nSPS) is 19.1. The van der Waals surface area contributed by atoms with Crippen LogP contribution in [-0.2, 0) is 26.3 Å². The Kier molecular flexibility index (Phi) is 5.06. The first-order chi connectivity index (χ1) is 17.1. The second-order valence-electron chi connectivity index (χ2n) is 9.15. The number of hydrogen-bond donors (Lipinski definition) is 1. The van der Waals surface area contributed by atoms with Gasteiger partial charge in [0.1, 0.15) is 5.54 Å². The van der Waals surface area contributed by atoms with Crippen molar-refractivity contribution in [2.45, 2.75) is 24.8 Å². The first-order valence-electron chi connectivity index (χ1n) is 12.0. The Balaban J connectivity index is 1.63. The number of nitrogens with zero attached hydrogens (tertiary/aromatic N) is 1. The maximum Gasteiger partial charge on any atom is 0.305 e. The Morgan fingerprint density at radius 3 is 2.31 bits per heavy atom. The van der Waals surface area contributed by atoms with Crippen molar-refractivity contribution in [2.75, 3.05) is 13.7 Å². The van der Waals surface area contributed by atoms with Crippen LogP contribution >= 0.6 is 0 Å². The van der Waals surface area contributed by atoms with E-state index in [-0.39, 0.29) is 18.2 Å². The lowest BCUT2D eigenvalue weighted by molar-refractivity contribution is -0.141. The van der Waals surface area contributed by atoms with Gasteiger partial charge in [0.25, 0.3) is 0 Å². The fourth-order valence-corrected chi connectivity index (χ4v) is 5.88. The third-order valence-corrected chi connectivity index (χ3v) is 7.41. The zero-order chi connectivity index (χ0) is 24.0. The molecule has 0 bridgehead atoms. The molecule has 174 valence electrons. The number of nitrogens with one attached hydrogen (secondary N) is 1. The van der Waals surface area contributed by atoms with Crippen molar-refractivity contribution >= 4 is 33.9 Å². The number of para-hydroxylation sites is 1. The maximum absolute atomic E-state index is 14.7. The Bertz CT molecular complexity index is 1470. The second kappa shape index (κ2) is 8.27. The number of ether oxygens (including phenoxy) is 1. The molecule has 0 radical (unpaired) electrons. The van der Waals surface area contributed by atoms with Crippen LogP contribution in [0.5, 0.6) is 0 Å². The summed E-state index contributed by atoms with van der Waals surface area (Å²) in [6.07, 6.45) is 1.30.